The minimum absolute atomic E-state index is 0.0566. The minimum atomic E-state index is -0.575. The molecule has 5 nitrogen and oxygen atoms in total. The van der Waals surface area contributed by atoms with Gasteiger partial charge < -0.3 is 14.9 Å². The van der Waals surface area contributed by atoms with E-state index in [0.29, 0.717) is 5.69 Å². The van der Waals surface area contributed by atoms with Crippen LogP contribution in [0, 0.1) is 6.92 Å². The number of aromatic hydroxyl groups is 1. The van der Waals surface area contributed by atoms with Gasteiger partial charge in [0, 0.05) is 4.47 Å². The first kappa shape index (κ1) is 12.9. The van der Waals surface area contributed by atoms with Crippen molar-refractivity contribution in [3.8, 4) is 5.75 Å². The van der Waals surface area contributed by atoms with Gasteiger partial charge in [-0.25, -0.2) is 0 Å². The van der Waals surface area contributed by atoms with E-state index in [9.17, 15) is 9.90 Å². The van der Waals surface area contributed by atoms with Gasteiger partial charge in [0.05, 0.1) is 11.4 Å². The van der Waals surface area contributed by atoms with Gasteiger partial charge in [0.2, 0.25) is 5.76 Å². The van der Waals surface area contributed by atoms with Gasteiger partial charge in [0.25, 0.3) is 5.91 Å². The van der Waals surface area contributed by atoms with Gasteiger partial charge in [-0.2, -0.15) is 0 Å². The number of phenols is 1. The van der Waals surface area contributed by atoms with Gasteiger partial charge in [-0.05, 0) is 25.1 Å². The standard InChI is InChI=1S/C11H8BrClN2O3/c1-5-9(13)10(18-15-5)11(17)14-7-4-6(12)2-3-8(7)16/h2-4,16H,1H3,(H,14,17). The molecular formula is C11H8BrClN2O3. The van der Waals surface area contributed by atoms with E-state index >= 15 is 0 Å². The van der Waals surface area contributed by atoms with E-state index < -0.39 is 5.91 Å². The van der Waals surface area contributed by atoms with E-state index in [1.54, 1.807) is 19.1 Å². The summed E-state index contributed by atoms with van der Waals surface area (Å²) in [4.78, 5) is 11.9. The number of benzene rings is 1. The summed E-state index contributed by atoms with van der Waals surface area (Å²) in [6.45, 7) is 1.62. The molecule has 1 aromatic carbocycles. The third-order valence-electron chi connectivity index (χ3n) is 2.20. The van der Waals surface area contributed by atoms with Gasteiger partial charge in [0.1, 0.15) is 10.8 Å². The van der Waals surface area contributed by atoms with Crippen molar-refractivity contribution in [1.82, 2.24) is 5.16 Å². The molecule has 7 heteroatoms. The summed E-state index contributed by atoms with van der Waals surface area (Å²) in [6.07, 6.45) is 0. The highest BCUT2D eigenvalue weighted by Crippen LogP contribution is 2.28. The highest BCUT2D eigenvalue weighted by atomic mass is 79.9. The molecule has 0 radical (unpaired) electrons. The predicted octanol–water partition coefficient (Wildman–Crippen LogP) is 3.36. The summed E-state index contributed by atoms with van der Waals surface area (Å²) >= 11 is 9.09. The number of phenolic OH excluding ortho intramolecular Hbond substituents is 1. The molecule has 2 N–H and O–H groups in total. The molecule has 0 atom stereocenters. The maximum absolute atomic E-state index is 11.9. The second kappa shape index (κ2) is 4.99. The van der Waals surface area contributed by atoms with E-state index in [-0.39, 0.29) is 22.2 Å². The zero-order valence-corrected chi connectivity index (χ0v) is 11.5. The first-order valence-corrected chi connectivity index (χ1v) is 6.07. The number of nitrogens with one attached hydrogen (secondary N) is 1. The van der Waals surface area contributed by atoms with E-state index in [1.807, 2.05) is 0 Å². The van der Waals surface area contributed by atoms with Crippen LogP contribution in [0.1, 0.15) is 16.2 Å². The molecule has 1 amide bonds. The van der Waals surface area contributed by atoms with Crippen LogP contribution in [0.5, 0.6) is 5.75 Å². The van der Waals surface area contributed by atoms with Crippen LogP contribution in [-0.4, -0.2) is 16.2 Å². The van der Waals surface area contributed by atoms with Crippen LogP contribution in [0.25, 0.3) is 0 Å². The van der Waals surface area contributed by atoms with E-state index in [2.05, 4.69) is 26.4 Å². The number of nitrogens with zero attached hydrogens (tertiary/aromatic N) is 1. The molecule has 18 heavy (non-hydrogen) atoms. The lowest BCUT2D eigenvalue weighted by atomic mass is 10.3. The number of hydrogen-bond donors (Lipinski definition) is 2. The van der Waals surface area contributed by atoms with Crippen LogP contribution < -0.4 is 5.32 Å². The number of anilines is 1. The van der Waals surface area contributed by atoms with Crippen molar-refractivity contribution in [3.05, 3.63) is 39.1 Å². The molecule has 0 spiro atoms. The molecular weight excluding hydrogens is 323 g/mol. The lowest BCUT2D eigenvalue weighted by Gasteiger charge is -2.05. The van der Waals surface area contributed by atoms with Crippen LogP contribution in [0.2, 0.25) is 5.02 Å². The van der Waals surface area contributed by atoms with Crippen molar-refractivity contribution in [2.45, 2.75) is 6.92 Å². The lowest BCUT2D eigenvalue weighted by molar-refractivity contribution is 0.0987. The molecule has 0 saturated carbocycles. The van der Waals surface area contributed by atoms with Crippen LogP contribution in [0.3, 0.4) is 0 Å². The lowest BCUT2D eigenvalue weighted by Crippen LogP contribution is -2.11. The summed E-state index contributed by atoms with van der Waals surface area (Å²) in [5.41, 5.74) is 0.680. The summed E-state index contributed by atoms with van der Waals surface area (Å²) in [5, 5.41) is 15.8. The number of aromatic nitrogens is 1. The normalized spacial score (nSPS) is 10.4. The van der Waals surface area contributed by atoms with Crippen molar-refractivity contribution >= 4 is 39.1 Å². The van der Waals surface area contributed by atoms with Gasteiger partial charge >= 0.3 is 0 Å². The quantitative estimate of drug-likeness (QED) is 0.827. The fraction of sp³-hybridized carbons (Fsp3) is 0.0909. The molecule has 0 aliphatic rings. The predicted molar refractivity (Wildman–Crippen MR) is 70.0 cm³/mol. The van der Waals surface area contributed by atoms with Crippen molar-refractivity contribution in [2.24, 2.45) is 0 Å². The molecule has 1 aromatic heterocycles. The monoisotopic (exact) mass is 330 g/mol. The molecule has 0 unspecified atom stereocenters. The van der Waals surface area contributed by atoms with Gasteiger partial charge in [-0.1, -0.05) is 32.7 Å². The number of halogens is 2. The average Bonchev–Trinajstić information content (AvgIpc) is 2.65. The number of rotatable bonds is 2. The molecule has 0 bridgehead atoms. The van der Waals surface area contributed by atoms with E-state index in [0.717, 1.165) is 4.47 Å². The third kappa shape index (κ3) is 2.49. The summed E-state index contributed by atoms with van der Waals surface area (Å²) in [5.74, 6) is -0.721. The highest BCUT2D eigenvalue weighted by Gasteiger charge is 2.19. The smallest absolute Gasteiger partial charge is 0.295 e. The van der Waals surface area contributed by atoms with Crippen molar-refractivity contribution in [1.29, 1.82) is 0 Å². The Kier molecular flexibility index (Phi) is 3.58. The zero-order chi connectivity index (χ0) is 13.3. The molecule has 0 aliphatic carbocycles. The molecule has 0 aliphatic heterocycles. The fourth-order valence-corrected chi connectivity index (χ4v) is 1.80. The maximum Gasteiger partial charge on any atom is 0.295 e. The molecule has 0 saturated heterocycles. The highest BCUT2D eigenvalue weighted by molar-refractivity contribution is 9.10. The van der Waals surface area contributed by atoms with Gasteiger partial charge in [-0.3, -0.25) is 4.79 Å². The fourth-order valence-electron chi connectivity index (χ4n) is 1.29. The maximum atomic E-state index is 11.9. The Bertz CT molecular complexity index is 612. The zero-order valence-electron chi connectivity index (χ0n) is 9.20. The first-order valence-electron chi connectivity index (χ1n) is 4.90. The van der Waals surface area contributed by atoms with Gasteiger partial charge in [-0.15, -0.1) is 0 Å². The van der Waals surface area contributed by atoms with Crippen LogP contribution >= 0.6 is 27.5 Å². The second-order valence-electron chi connectivity index (χ2n) is 3.53. The molecule has 1 heterocycles. The van der Waals surface area contributed by atoms with Gasteiger partial charge in [0.15, 0.2) is 0 Å². The van der Waals surface area contributed by atoms with Crippen molar-refractivity contribution in [2.75, 3.05) is 5.32 Å². The number of aryl methyl sites for hydroxylation is 1. The second-order valence-corrected chi connectivity index (χ2v) is 4.82. The molecule has 0 fully saturated rings. The van der Waals surface area contributed by atoms with Crippen LogP contribution in [-0.2, 0) is 0 Å². The average molecular weight is 332 g/mol. The van der Waals surface area contributed by atoms with Crippen LogP contribution in [0.15, 0.2) is 27.2 Å². The van der Waals surface area contributed by atoms with E-state index in [4.69, 9.17) is 16.1 Å². The van der Waals surface area contributed by atoms with Crippen LogP contribution in [0.4, 0.5) is 5.69 Å². The first-order chi connectivity index (χ1) is 8.49. The van der Waals surface area contributed by atoms with E-state index in [1.165, 1.54) is 6.07 Å². The number of amides is 1. The Morgan fingerprint density at radius 2 is 2.28 bits per heavy atom. The Balaban J connectivity index is 2.27. The SMILES string of the molecule is Cc1noc(C(=O)Nc2cc(Br)ccc2O)c1Cl. The summed E-state index contributed by atoms with van der Waals surface area (Å²) < 4.78 is 5.53. The number of carbonyl (C=O) groups excluding carboxylic acids is 1. The number of hydrogen-bond acceptors (Lipinski definition) is 4. The third-order valence-corrected chi connectivity index (χ3v) is 3.14. The topological polar surface area (TPSA) is 75.4 Å². The molecule has 94 valence electrons. The Hall–Kier alpha value is -1.53. The summed E-state index contributed by atoms with van der Waals surface area (Å²) in [6, 6.07) is 4.66. The Labute approximate surface area is 116 Å². The molecule has 2 rings (SSSR count). The molecule has 2 aromatic rings. The summed E-state index contributed by atoms with van der Waals surface area (Å²) in [7, 11) is 0. The largest absolute Gasteiger partial charge is 0.506 e. The number of carbonyl (C=O) groups is 1. The minimum Gasteiger partial charge on any atom is -0.506 e. The van der Waals surface area contributed by atoms with Crippen molar-refractivity contribution in [3.63, 3.8) is 0 Å². The van der Waals surface area contributed by atoms with Crippen molar-refractivity contribution < 1.29 is 14.4 Å². The Morgan fingerprint density at radius 3 is 2.89 bits per heavy atom. The Morgan fingerprint density at radius 1 is 1.56 bits per heavy atom.